The third-order valence-corrected chi connectivity index (χ3v) is 6.26. The number of sulfonamides is 1. The molecule has 0 aromatic carbocycles. The molecule has 0 bridgehead atoms. The average Bonchev–Trinajstić information content (AvgIpc) is 2.81. The molecule has 17 heavy (non-hydrogen) atoms. The number of rotatable bonds is 3. The van der Waals surface area contributed by atoms with E-state index in [0.29, 0.717) is 11.7 Å². The summed E-state index contributed by atoms with van der Waals surface area (Å²) in [4.78, 5) is 0. The van der Waals surface area contributed by atoms with Crippen molar-refractivity contribution in [2.24, 2.45) is 11.3 Å². The van der Waals surface area contributed by atoms with Crippen LogP contribution >= 0.6 is 12.4 Å². The zero-order chi connectivity index (χ0) is 11.2. The van der Waals surface area contributed by atoms with Gasteiger partial charge in [-0.25, -0.2) is 12.7 Å². The quantitative estimate of drug-likeness (QED) is 0.833. The lowest BCUT2D eigenvalue weighted by atomic mass is 9.87. The van der Waals surface area contributed by atoms with Gasteiger partial charge in [0.1, 0.15) is 0 Å². The minimum atomic E-state index is -2.95. The Kier molecular flexibility index (Phi) is 3.74. The first-order chi connectivity index (χ1) is 7.60. The van der Waals surface area contributed by atoms with Crippen LogP contribution in [0.2, 0.25) is 0 Å². The number of hydrogen-bond acceptors (Lipinski definition) is 3. The largest absolute Gasteiger partial charge is 0.316 e. The zero-order valence-electron chi connectivity index (χ0n) is 10.0. The Hall–Kier alpha value is 0.160. The van der Waals surface area contributed by atoms with Crippen molar-refractivity contribution in [2.75, 3.05) is 31.9 Å². The number of nitrogens with one attached hydrogen (secondary N) is 1. The maximum Gasteiger partial charge on any atom is 0.214 e. The molecule has 1 saturated carbocycles. The maximum absolute atomic E-state index is 12.1. The molecular weight excluding hydrogens is 260 g/mol. The Morgan fingerprint density at radius 3 is 2.65 bits per heavy atom. The number of halogens is 1. The van der Waals surface area contributed by atoms with Crippen LogP contribution in [0.15, 0.2) is 0 Å². The van der Waals surface area contributed by atoms with Gasteiger partial charge in [0.25, 0.3) is 0 Å². The summed E-state index contributed by atoms with van der Waals surface area (Å²) in [6, 6.07) is 0. The lowest BCUT2D eigenvalue weighted by Crippen LogP contribution is -2.35. The molecule has 2 heterocycles. The van der Waals surface area contributed by atoms with E-state index in [1.807, 2.05) is 0 Å². The van der Waals surface area contributed by atoms with Crippen LogP contribution in [-0.2, 0) is 10.0 Å². The predicted molar refractivity (Wildman–Crippen MR) is 69.9 cm³/mol. The van der Waals surface area contributed by atoms with Crippen molar-refractivity contribution in [3.8, 4) is 0 Å². The van der Waals surface area contributed by atoms with Crippen LogP contribution < -0.4 is 5.32 Å². The average molecular weight is 281 g/mol. The third-order valence-electron chi connectivity index (χ3n) is 4.27. The van der Waals surface area contributed by atoms with Crippen LogP contribution in [0.5, 0.6) is 0 Å². The van der Waals surface area contributed by atoms with Crippen molar-refractivity contribution in [3.63, 3.8) is 0 Å². The summed E-state index contributed by atoms with van der Waals surface area (Å²) < 4.78 is 26.0. The molecule has 0 aromatic heterocycles. The van der Waals surface area contributed by atoms with Gasteiger partial charge in [0.05, 0.1) is 5.75 Å². The van der Waals surface area contributed by atoms with Crippen LogP contribution in [0.25, 0.3) is 0 Å². The van der Waals surface area contributed by atoms with E-state index in [1.165, 1.54) is 0 Å². The summed E-state index contributed by atoms with van der Waals surface area (Å²) in [6.07, 6.45) is 4.41. The van der Waals surface area contributed by atoms with Crippen molar-refractivity contribution in [3.05, 3.63) is 0 Å². The van der Waals surface area contributed by atoms with Gasteiger partial charge in [-0.1, -0.05) is 0 Å². The molecule has 0 amide bonds. The molecule has 6 heteroatoms. The molecule has 2 aliphatic heterocycles. The van der Waals surface area contributed by atoms with Gasteiger partial charge in [-0.3, -0.25) is 0 Å². The van der Waals surface area contributed by atoms with E-state index in [2.05, 4.69) is 5.32 Å². The van der Waals surface area contributed by atoms with E-state index in [-0.39, 0.29) is 17.8 Å². The minimum absolute atomic E-state index is 0. The molecule has 1 unspecified atom stereocenters. The highest BCUT2D eigenvalue weighted by atomic mass is 35.5. The lowest BCUT2D eigenvalue weighted by molar-refractivity contribution is 0.337. The summed E-state index contributed by atoms with van der Waals surface area (Å²) in [5.74, 6) is 0.861. The van der Waals surface area contributed by atoms with Gasteiger partial charge in [-0.2, -0.15) is 0 Å². The van der Waals surface area contributed by atoms with Gasteiger partial charge in [-0.15, -0.1) is 12.4 Å². The molecule has 1 atom stereocenters. The van der Waals surface area contributed by atoms with Crippen molar-refractivity contribution in [1.82, 2.24) is 9.62 Å². The predicted octanol–water partition coefficient (Wildman–Crippen LogP) is 0.833. The Morgan fingerprint density at radius 1 is 1.29 bits per heavy atom. The molecule has 3 fully saturated rings. The molecule has 1 N–H and O–H groups in total. The third kappa shape index (κ3) is 2.78. The Morgan fingerprint density at radius 2 is 2.06 bits per heavy atom. The summed E-state index contributed by atoms with van der Waals surface area (Å²) in [5.41, 5.74) is 0.261. The van der Waals surface area contributed by atoms with Crippen molar-refractivity contribution >= 4 is 22.4 Å². The van der Waals surface area contributed by atoms with Gasteiger partial charge >= 0.3 is 0 Å². The van der Waals surface area contributed by atoms with E-state index in [0.717, 1.165) is 51.9 Å². The zero-order valence-corrected chi connectivity index (χ0v) is 11.7. The fourth-order valence-electron chi connectivity index (χ4n) is 2.96. The van der Waals surface area contributed by atoms with E-state index in [1.54, 1.807) is 4.31 Å². The van der Waals surface area contributed by atoms with Crippen LogP contribution in [0, 0.1) is 11.3 Å². The second-order valence-corrected chi connectivity index (χ2v) is 7.75. The fourth-order valence-corrected chi connectivity index (χ4v) is 4.94. The van der Waals surface area contributed by atoms with E-state index < -0.39 is 10.0 Å². The van der Waals surface area contributed by atoms with Gasteiger partial charge in [0.2, 0.25) is 10.0 Å². The van der Waals surface area contributed by atoms with Crippen LogP contribution in [0.1, 0.15) is 25.7 Å². The minimum Gasteiger partial charge on any atom is -0.316 e. The fraction of sp³-hybridized carbons (Fsp3) is 1.00. The first kappa shape index (κ1) is 13.6. The van der Waals surface area contributed by atoms with Crippen molar-refractivity contribution in [2.45, 2.75) is 25.7 Å². The Balaban J connectivity index is 0.00000108. The van der Waals surface area contributed by atoms with E-state index in [4.69, 9.17) is 0 Å². The normalized spacial score (nSPS) is 34.1. The molecule has 0 aromatic rings. The van der Waals surface area contributed by atoms with Crippen LogP contribution in [0.4, 0.5) is 0 Å². The maximum atomic E-state index is 12.1. The SMILES string of the molecule is Cl.O=S(=O)(CC1CC1)N1CCC2(CCNC2)C1. The smallest absolute Gasteiger partial charge is 0.214 e. The molecule has 3 rings (SSSR count). The number of nitrogens with zero attached hydrogens (tertiary/aromatic N) is 1. The van der Waals surface area contributed by atoms with E-state index >= 15 is 0 Å². The Bertz CT molecular complexity index is 375. The molecular formula is C11H21ClN2O2S. The summed E-state index contributed by atoms with van der Waals surface area (Å²) in [7, 11) is -2.95. The molecule has 2 saturated heterocycles. The lowest BCUT2D eigenvalue weighted by Gasteiger charge is -2.22. The van der Waals surface area contributed by atoms with Gasteiger partial charge in [0.15, 0.2) is 0 Å². The highest BCUT2D eigenvalue weighted by Crippen LogP contribution is 2.39. The Labute approximate surface area is 110 Å². The summed E-state index contributed by atoms with van der Waals surface area (Å²) in [5, 5.41) is 3.36. The second kappa shape index (κ2) is 4.68. The first-order valence-corrected chi connectivity index (χ1v) is 7.89. The van der Waals surface area contributed by atoms with Gasteiger partial charge < -0.3 is 5.32 Å². The van der Waals surface area contributed by atoms with E-state index in [9.17, 15) is 8.42 Å². The monoisotopic (exact) mass is 280 g/mol. The molecule has 1 spiro atoms. The standard InChI is InChI=1S/C11H20N2O2S.ClH/c14-16(15,7-10-1-2-10)13-6-4-11(9-13)3-5-12-8-11;/h10,12H,1-9H2;1H. The molecule has 100 valence electrons. The molecule has 4 nitrogen and oxygen atoms in total. The molecule has 0 radical (unpaired) electrons. The number of hydrogen-bond donors (Lipinski definition) is 1. The topological polar surface area (TPSA) is 49.4 Å². The second-order valence-electron chi connectivity index (χ2n) is 5.73. The van der Waals surface area contributed by atoms with Crippen LogP contribution in [0.3, 0.4) is 0 Å². The van der Waals surface area contributed by atoms with Gasteiger partial charge in [0, 0.05) is 19.6 Å². The summed E-state index contributed by atoms with van der Waals surface area (Å²) in [6.45, 7) is 3.56. The highest BCUT2D eigenvalue weighted by Gasteiger charge is 2.44. The molecule has 1 aliphatic carbocycles. The van der Waals surface area contributed by atoms with Crippen molar-refractivity contribution in [1.29, 1.82) is 0 Å². The molecule has 3 aliphatic rings. The van der Waals surface area contributed by atoms with Gasteiger partial charge in [-0.05, 0) is 43.6 Å². The van der Waals surface area contributed by atoms with Crippen LogP contribution in [-0.4, -0.2) is 44.7 Å². The summed E-state index contributed by atoms with van der Waals surface area (Å²) >= 11 is 0. The first-order valence-electron chi connectivity index (χ1n) is 6.28. The highest BCUT2D eigenvalue weighted by molar-refractivity contribution is 7.89. The van der Waals surface area contributed by atoms with Crippen molar-refractivity contribution < 1.29 is 8.42 Å².